The van der Waals surface area contributed by atoms with Crippen molar-refractivity contribution in [3.05, 3.63) is 12.2 Å². The minimum absolute atomic E-state index is 0.232. The molecule has 72 valence electrons. The predicted molar refractivity (Wildman–Crippen MR) is 44.6 cm³/mol. The van der Waals surface area contributed by atoms with E-state index in [1.54, 1.807) is 4.90 Å². The third-order valence-electron chi connectivity index (χ3n) is 2.03. The molecule has 1 saturated heterocycles. The number of piperidine rings is 1. The van der Waals surface area contributed by atoms with Crippen LogP contribution < -0.4 is 5.11 Å². The minimum Gasteiger partial charge on any atom is -0.545 e. The maximum Gasteiger partial charge on any atom is 0.246 e. The van der Waals surface area contributed by atoms with Crippen LogP contribution in [0.2, 0.25) is 0 Å². The van der Waals surface area contributed by atoms with Crippen LogP contribution in [0.25, 0.3) is 0 Å². The van der Waals surface area contributed by atoms with Gasteiger partial charge in [0.15, 0.2) is 0 Å². The SMILES string of the molecule is O=C([O-])/C=C/C(=O)N1CCCCC1. The smallest absolute Gasteiger partial charge is 0.246 e. The van der Waals surface area contributed by atoms with Gasteiger partial charge in [-0.25, -0.2) is 0 Å². The summed E-state index contributed by atoms with van der Waals surface area (Å²) < 4.78 is 0. The van der Waals surface area contributed by atoms with E-state index in [0.29, 0.717) is 0 Å². The summed E-state index contributed by atoms with van der Waals surface area (Å²) in [6.45, 7) is 1.46. The topological polar surface area (TPSA) is 60.4 Å². The van der Waals surface area contributed by atoms with Crippen molar-refractivity contribution < 1.29 is 14.7 Å². The van der Waals surface area contributed by atoms with Crippen molar-refractivity contribution in [3.8, 4) is 0 Å². The molecule has 4 nitrogen and oxygen atoms in total. The molecule has 1 heterocycles. The fraction of sp³-hybridized carbons (Fsp3) is 0.556. The van der Waals surface area contributed by atoms with Gasteiger partial charge in [0, 0.05) is 19.2 Å². The van der Waals surface area contributed by atoms with Gasteiger partial charge in [0.1, 0.15) is 0 Å². The molecule has 0 aromatic heterocycles. The summed E-state index contributed by atoms with van der Waals surface area (Å²) in [5.41, 5.74) is 0. The van der Waals surface area contributed by atoms with E-state index in [1.807, 2.05) is 0 Å². The van der Waals surface area contributed by atoms with Crippen molar-refractivity contribution >= 4 is 11.9 Å². The lowest BCUT2D eigenvalue weighted by Crippen LogP contribution is -2.34. The monoisotopic (exact) mass is 182 g/mol. The van der Waals surface area contributed by atoms with Gasteiger partial charge in [-0.05, 0) is 25.3 Å². The molecular formula is C9H12NO3-. The van der Waals surface area contributed by atoms with Gasteiger partial charge in [0.2, 0.25) is 5.91 Å². The highest BCUT2D eigenvalue weighted by Crippen LogP contribution is 2.08. The van der Waals surface area contributed by atoms with Gasteiger partial charge in [-0.3, -0.25) is 4.79 Å². The number of nitrogens with zero attached hydrogens (tertiary/aromatic N) is 1. The van der Waals surface area contributed by atoms with Crippen molar-refractivity contribution in [1.29, 1.82) is 0 Å². The number of carboxylic acids is 1. The molecule has 1 aliphatic rings. The molecule has 1 amide bonds. The highest BCUT2D eigenvalue weighted by atomic mass is 16.4. The lowest BCUT2D eigenvalue weighted by molar-refractivity contribution is -0.297. The van der Waals surface area contributed by atoms with Crippen molar-refractivity contribution in [2.75, 3.05) is 13.1 Å². The van der Waals surface area contributed by atoms with Gasteiger partial charge >= 0.3 is 0 Å². The van der Waals surface area contributed by atoms with Crippen molar-refractivity contribution in [3.63, 3.8) is 0 Å². The highest BCUT2D eigenvalue weighted by Gasteiger charge is 2.13. The fourth-order valence-electron chi connectivity index (χ4n) is 1.36. The molecule has 1 fully saturated rings. The van der Waals surface area contributed by atoms with Crippen molar-refractivity contribution in [2.45, 2.75) is 19.3 Å². The van der Waals surface area contributed by atoms with Crippen molar-refractivity contribution in [2.24, 2.45) is 0 Å². The van der Waals surface area contributed by atoms with E-state index in [2.05, 4.69) is 0 Å². The van der Waals surface area contributed by atoms with Crippen LogP contribution in [-0.2, 0) is 9.59 Å². The predicted octanol–water partition coefficient (Wildman–Crippen LogP) is -0.695. The van der Waals surface area contributed by atoms with Crippen LogP contribution in [0.3, 0.4) is 0 Å². The Balaban J connectivity index is 2.41. The van der Waals surface area contributed by atoms with Gasteiger partial charge < -0.3 is 14.8 Å². The molecule has 0 unspecified atom stereocenters. The Labute approximate surface area is 76.8 Å². The molecule has 0 saturated carbocycles. The maximum atomic E-state index is 11.3. The van der Waals surface area contributed by atoms with E-state index < -0.39 is 5.97 Å². The number of hydrogen-bond acceptors (Lipinski definition) is 3. The molecule has 0 spiro atoms. The number of carbonyl (C=O) groups excluding carboxylic acids is 2. The Morgan fingerprint density at radius 3 is 2.23 bits per heavy atom. The minimum atomic E-state index is -1.33. The molecule has 1 rings (SSSR count). The average molecular weight is 182 g/mol. The third kappa shape index (κ3) is 3.27. The summed E-state index contributed by atoms with van der Waals surface area (Å²) in [6, 6.07) is 0. The second-order valence-corrected chi connectivity index (χ2v) is 3.04. The van der Waals surface area contributed by atoms with Crippen LogP contribution in [0.5, 0.6) is 0 Å². The number of carboxylic acid groups (broad SMARTS) is 1. The molecule has 0 radical (unpaired) electrons. The first-order valence-corrected chi connectivity index (χ1v) is 4.38. The van der Waals surface area contributed by atoms with Gasteiger partial charge in [-0.15, -0.1) is 0 Å². The summed E-state index contributed by atoms with van der Waals surface area (Å²) in [7, 11) is 0. The van der Waals surface area contributed by atoms with E-state index in [9.17, 15) is 14.7 Å². The first kappa shape index (κ1) is 9.77. The summed E-state index contributed by atoms with van der Waals surface area (Å²) >= 11 is 0. The Morgan fingerprint density at radius 2 is 1.69 bits per heavy atom. The van der Waals surface area contributed by atoms with Crippen LogP contribution in [0.1, 0.15) is 19.3 Å². The summed E-state index contributed by atoms with van der Waals surface area (Å²) in [5, 5.41) is 10.0. The number of hydrogen-bond donors (Lipinski definition) is 0. The Morgan fingerprint density at radius 1 is 1.08 bits per heavy atom. The molecular weight excluding hydrogens is 170 g/mol. The molecule has 4 heteroatoms. The van der Waals surface area contributed by atoms with Gasteiger partial charge in [-0.2, -0.15) is 0 Å². The zero-order chi connectivity index (χ0) is 9.68. The molecule has 0 aromatic rings. The van der Waals surface area contributed by atoms with E-state index >= 15 is 0 Å². The zero-order valence-corrected chi connectivity index (χ0v) is 7.36. The molecule has 13 heavy (non-hydrogen) atoms. The number of rotatable bonds is 2. The summed E-state index contributed by atoms with van der Waals surface area (Å²) in [4.78, 5) is 22.9. The van der Waals surface area contributed by atoms with Crippen LogP contribution in [-0.4, -0.2) is 29.9 Å². The quantitative estimate of drug-likeness (QED) is 0.531. The number of aliphatic carboxylic acids is 1. The number of amides is 1. The zero-order valence-electron chi connectivity index (χ0n) is 7.36. The first-order chi connectivity index (χ1) is 6.20. The fourth-order valence-corrected chi connectivity index (χ4v) is 1.36. The number of likely N-dealkylation sites (tertiary alicyclic amines) is 1. The van der Waals surface area contributed by atoms with E-state index in [0.717, 1.165) is 44.5 Å². The molecule has 0 bridgehead atoms. The van der Waals surface area contributed by atoms with Gasteiger partial charge in [0.25, 0.3) is 0 Å². The molecule has 0 atom stereocenters. The van der Waals surface area contributed by atoms with Crippen LogP contribution >= 0.6 is 0 Å². The second kappa shape index (κ2) is 4.64. The van der Waals surface area contributed by atoms with Crippen molar-refractivity contribution in [1.82, 2.24) is 4.90 Å². The Hall–Kier alpha value is -1.32. The molecule has 0 aromatic carbocycles. The molecule has 1 aliphatic heterocycles. The van der Waals surface area contributed by atoms with Crippen LogP contribution in [0.15, 0.2) is 12.2 Å². The summed E-state index contributed by atoms with van der Waals surface area (Å²) in [5.74, 6) is -1.56. The number of carbonyl (C=O) groups is 2. The Kier molecular flexibility index (Phi) is 3.49. The van der Waals surface area contributed by atoms with E-state index in [4.69, 9.17) is 0 Å². The molecule has 0 N–H and O–H groups in total. The Bertz CT molecular complexity index is 229. The first-order valence-electron chi connectivity index (χ1n) is 4.38. The van der Waals surface area contributed by atoms with E-state index in [-0.39, 0.29) is 5.91 Å². The van der Waals surface area contributed by atoms with E-state index in [1.165, 1.54) is 0 Å². The lowest BCUT2D eigenvalue weighted by Gasteiger charge is -2.25. The summed E-state index contributed by atoms with van der Waals surface area (Å²) in [6.07, 6.45) is 4.99. The average Bonchev–Trinajstić information content (AvgIpc) is 2.15. The standard InChI is InChI=1S/C9H13NO3/c11-8(4-5-9(12)13)10-6-2-1-3-7-10/h4-5H,1-3,6-7H2,(H,12,13)/p-1/b5-4+. The molecule has 0 aliphatic carbocycles. The largest absolute Gasteiger partial charge is 0.545 e. The van der Waals surface area contributed by atoms with Gasteiger partial charge in [0.05, 0.1) is 5.97 Å². The highest BCUT2D eigenvalue weighted by molar-refractivity contribution is 5.93. The van der Waals surface area contributed by atoms with Gasteiger partial charge in [-0.1, -0.05) is 0 Å². The normalized spacial score (nSPS) is 17.7. The van der Waals surface area contributed by atoms with Crippen LogP contribution in [0, 0.1) is 0 Å². The maximum absolute atomic E-state index is 11.3. The van der Waals surface area contributed by atoms with Crippen LogP contribution in [0.4, 0.5) is 0 Å². The lowest BCUT2D eigenvalue weighted by atomic mass is 10.1. The second-order valence-electron chi connectivity index (χ2n) is 3.04. The third-order valence-corrected chi connectivity index (χ3v) is 2.03.